The molecule has 0 radical (unpaired) electrons. The molecule has 0 saturated carbocycles. The SMILES string of the molecule is CCC(C)(C(=O)N(CC(N)=O)CC(C)C)C(N)=S. The molecule has 18 heavy (non-hydrogen) atoms. The van der Waals surface area contributed by atoms with Crippen molar-refractivity contribution >= 4 is 29.0 Å². The number of carbonyl (C=O) groups excluding carboxylic acids is 2. The van der Waals surface area contributed by atoms with Crippen molar-refractivity contribution in [2.75, 3.05) is 13.1 Å². The van der Waals surface area contributed by atoms with Gasteiger partial charge in [-0.05, 0) is 19.3 Å². The van der Waals surface area contributed by atoms with E-state index < -0.39 is 11.3 Å². The van der Waals surface area contributed by atoms with Gasteiger partial charge in [0.1, 0.15) is 0 Å². The topological polar surface area (TPSA) is 89.4 Å². The van der Waals surface area contributed by atoms with Gasteiger partial charge in [-0.15, -0.1) is 0 Å². The van der Waals surface area contributed by atoms with Crippen LogP contribution in [0, 0.1) is 11.3 Å². The molecule has 0 rings (SSSR count). The van der Waals surface area contributed by atoms with E-state index in [1.54, 1.807) is 6.92 Å². The van der Waals surface area contributed by atoms with E-state index in [9.17, 15) is 9.59 Å². The third kappa shape index (κ3) is 4.25. The second kappa shape index (κ2) is 6.68. The Labute approximate surface area is 114 Å². The molecule has 0 saturated heterocycles. The first kappa shape index (κ1) is 16.8. The summed E-state index contributed by atoms with van der Waals surface area (Å²) in [6.07, 6.45) is 0.495. The summed E-state index contributed by atoms with van der Waals surface area (Å²) in [5, 5.41) is 0. The van der Waals surface area contributed by atoms with Crippen molar-refractivity contribution in [1.29, 1.82) is 0 Å². The summed E-state index contributed by atoms with van der Waals surface area (Å²) in [6, 6.07) is 0. The van der Waals surface area contributed by atoms with Crippen molar-refractivity contribution < 1.29 is 9.59 Å². The van der Waals surface area contributed by atoms with Crippen LogP contribution < -0.4 is 11.5 Å². The van der Waals surface area contributed by atoms with Gasteiger partial charge in [0.25, 0.3) is 0 Å². The van der Waals surface area contributed by atoms with Gasteiger partial charge >= 0.3 is 0 Å². The summed E-state index contributed by atoms with van der Waals surface area (Å²) in [4.78, 5) is 25.1. The normalized spacial score (nSPS) is 14.1. The summed E-state index contributed by atoms with van der Waals surface area (Å²) < 4.78 is 0. The number of nitrogens with zero attached hydrogens (tertiary/aromatic N) is 1. The van der Waals surface area contributed by atoms with E-state index in [1.807, 2.05) is 20.8 Å². The van der Waals surface area contributed by atoms with Crippen LogP contribution >= 0.6 is 12.2 Å². The van der Waals surface area contributed by atoms with Gasteiger partial charge in [-0.1, -0.05) is 33.0 Å². The fourth-order valence-electron chi connectivity index (χ4n) is 1.63. The Hall–Kier alpha value is -1.17. The van der Waals surface area contributed by atoms with E-state index in [1.165, 1.54) is 4.90 Å². The van der Waals surface area contributed by atoms with Gasteiger partial charge in [0.05, 0.1) is 16.9 Å². The van der Waals surface area contributed by atoms with Crippen molar-refractivity contribution in [3.8, 4) is 0 Å². The largest absolute Gasteiger partial charge is 0.392 e. The molecule has 0 aromatic carbocycles. The van der Waals surface area contributed by atoms with E-state index in [4.69, 9.17) is 23.7 Å². The van der Waals surface area contributed by atoms with Gasteiger partial charge in [0, 0.05) is 6.54 Å². The second-order valence-corrected chi connectivity index (χ2v) is 5.54. The van der Waals surface area contributed by atoms with E-state index in [0.717, 1.165) is 0 Å². The molecular formula is C12H23N3O2S. The summed E-state index contributed by atoms with van der Waals surface area (Å²) in [7, 11) is 0. The average Bonchev–Trinajstić information content (AvgIpc) is 2.24. The first-order valence-corrected chi connectivity index (χ1v) is 6.43. The number of hydrogen-bond donors (Lipinski definition) is 2. The van der Waals surface area contributed by atoms with Gasteiger partial charge in [0.2, 0.25) is 11.8 Å². The molecule has 4 N–H and O–H groups in total. The molecule has 0 fully saturated rings. The number of thiocarbonyl (C=S) groups is 1. The summed E-state index contributed by atoms with van der Waals surface area (Å²) in [5.41, 5.74) is 9.90. The second-order valence-electron chi connectivity index (χ2n) is 5.10. The van der Waals surface area contributed by atoms with Crippen LogP contribution in [0.25, 0.3) is 0 Å². The van der Waals surface area contributed by atoms with E-state index in [2.05, 4.69) is 0 Å². The lowest BCUT2D eigenvalue weighted by Crippen LogP contribution is -2.51. The molecule has 0 aromatic heterocycles. The number of primary amides is 1. The lowest BCUT2D eigenvalue weighted by atomic mass is 9.85. The summed E-state index contributed by atoms with van der Waals surface area (Å²) >= 11 is 4.97. The van der Waals surface area contributed by atoms with Crippen LogP contribution in [0.2, 0.25) is 0 Å². The van der Waals surface area contributed by atoms with E-state index in [0.29, 0.717) is 13.0 Å². The van der Waals surface area contributed by atoms with Crippen LogP contribution in [0.3, 0.4) is 0 Å². The number of nitrogens with two attached hydrogens (primary N) is 2. The molecule has 5 nitrogen and oxygen atoms in total. The van der Waals surface area contributed by atoms with Gasteiger partial charge in [-0.3, -0.25) is 9.59 Å². The quantitative estimate of drug-likeness (QED) is 0.667. The Balaban J connectivity index is 5.15. The fraction of sp³-hybridized carbons (Fsp3) is 0.750. The van der Waals surface area contributed by atoms with Gasteiger partial charge in [-0.2, -0.15) is 0 Å². The van der Waals surface area contributed by atoms with E-state index in [-0.39, 0.29) is 23.4 Å². The number of hydrogen-bond acceptors (Lipinski definition) is 3. The Morgan fingerprint density at radius 1 is 1.33 bits per heavy atom. The molecule has 0 spiro atoms. The molecule has 0 aliphatic carbocycles. The Morgan fingerprint density at radius 3 is 2.11 bits per heavy atom. The highest BCUT2D eigenvalue weighted by atomic mass is 32.1. The van der Waals surface area contributed by atoms with Crippen molar-refractivity contribution in [3.05, 3.63) is 0 Å². The van der Waals surface area contributed by atoms with Gasteiger partial charge < -0.3 is 16.4 Å². The zero-order valence-electron chi connectivity index (χ0n) is 11.5. The monoisotopic (exact) mass is 273 g/mol. The molecular weight excluding hydrogens is 250 g/mol. The maximum atomic E-state index is 12.5. The molecule has 2 amide bonds. The molecule has 6 heteroatoms. The van der Waals surface area contributed by atoms with Crippen LogP contribution in [0.15, 0.2) is 0 Å². The molecule has 0 heterocycles. The number of rotatable bonds is 7. The lowest BCUT2D eigenvalue weighted by Gasteiger charge is -2.33. The minimum atomic E-state index is -0.917. The van der Waals surface area contributed by atoms with Gasteiger partial charge in [-0.25, -0.2) is 0 Å². The Bertz CT molecular complexity index is 344. The minimum Gasteiger partial charge on any atom is -0.392 e. The van der Waals surface area contributed by atoms with Crippen molar-refractivity contribution in [2.24, 2.45) is 22.8 Å². The van der Waals surface area contributed by atoms with E-state index >= 15 is 0 Å². The van der Waals surface area contributed by atoms with Crippen LogP contribution in [-0.2, 0) is 9.59 Å². The van der Waals surface area contributed by atoms with Gasteiger partial charge in [0.15, 0.2) is 0 Å². The molecule has 1 atom stereocenters. The molecule has 1 unspecified atom stereocenters. The van der Waals surface area contributed by atoms with Crippen LogP contribution in [0.5, 0.6) is 0 Å². The fourth-order valence-corrected chi connectivity index (χ4v) is 1.86. The smallest absolute Gasteiger partial charge is 0.237 e. The highest BCUT2D eigenvalue weighted by molar-refractivity contribution is 7.80. The molecule has 0 aliphatic heterocycles. The first-order valence-electron chi connectivity index (χ1n) is 6.02. The number of amides is 2. The predicted octanol–water partition coefficient (Wildman–Crippen LogP) is 0.659. The third-order valence-electron chi connectivity index (χ3n) is 2.94. The highest BCUT2D eigenvalue weighted by Crippen LogP contribution is 2.25. The maximum absolute atomic E-state index is 12.5. The Kier molecular flexibility index (Phi) is 6.25. The van der Waals surface area contributed by atoms with Crippen molar-refractivity contribution in [3.63, 3.8) is 0 Å². The molecule has 0 aromatic rings. The van der Waals surface area contributed by atoms with Crippen molar-refractivity contribution in [2.45, 2.75) is 34.1 Å². The average molecular weight is 273 g/mol. The molecule has 104 valence electrons. The minimum absolute atomic E-state index is 0.102. The zero-order chi connectivity index (χ0) is 14.5. The lowest BCUT2D eigenvalue weighted by molar-refractivity contribution is -0.141. The van der Waals surface area contributed by atoms with Crippen LogP contribution in [0.1, 0.15) is 34.1 Å². The number of carbonyl (C=O) groups is 2. The summed E-state index contributed by atoms with van der Waals surface area (Å²) in [5.74, 6) is -0.531. The zero-order valence-corrected chi connectivity index (χ0v) is 12.3. The van der Waals surface area contributed by atoms with Crippen molar-refractivity contribution in [1.82, 2.24) is 4.90 Å². The van der Waals surface area contributed by atoms with Crippen LogP contribution in [0.4, 0.5) is 0 Å². The third-order valence-corrected chi connectivity index (χ3v) is 3.39. The predicted molar refractivity (Wildman–Crippen MR) is 75.8 cm³/mol. The summed E-state index contributed by atoms with van der Waals surface area (Å²) in [6.45, 7) is 7.83. The maximum Gasteiger partial charge on any atom is 0.237 e. The molecule has 0 bridgehead atoms. The highest BCUT2D eigenvalue weighted by Gasteiger charge is 2.38. The Morgan fingerprint density at radius 2 is 1.83 bits per heavy atom. The van der Waals surface area contributed by atoms with Crippen LogP contribution in [-0.4, -0.2) is 34.8 Å². The first-order chi connectivity index (χ1) is 8.15. The standard InChI is InChI=1S/C12H23N3O2S/c1-5-12(4,10(14)18)11(17)15(6-8(2)3)7-9(13)16/h8H,5-7H2,1-4H3,(H2,13,16)(H2,14,18). The molecule has 0 aliphatic rings.